The summed E-state index contributed by atoms with van der Waals surface area (Å²) in [6.07, 6.45) is 3.42. The molecule has 1 unspecified atom stereocenters. The molecule has 0 amide bonds. The van der Waals surface area contributed by atoms with Crippen LogP contribution in [0.1, 0.15) is 29.9 Å². The number of benzene rings is 1. The SMILES string of the molecule is Cc1cnc(CNC(C)c2cccc(OC(F)F)c2)cn1. The van der Waals surface area contributed by atoms with Crippen LogP contribution in [0.3, 0.4) is 0 Å². The van der Waals surface area contributed by atoms with Gasteiger partial charge in [-0.2, -0.15) is 8.78 Å². The number of hydrogen-bond donors (Lipinski definition) is 1. The highest BCUT2D eigenvalue weighted by Gasteiger charge is 2.09. The summed E-state index contributed by atoms with van der Waals surface area (Å²) in [4.78, 5) is 8.42. The normalized spacial score (nSPS) is 12.4. The van der Waals surface area contributed by atoms with E-state index in [-0.39, 0.29) is 11.8 Å². The molecule has 0 fully saturated rings. The van der Waals surface area contributed by atoms with Crippen LogP contribution in [-0.2, 0) is 6.54 Å². The Morgan fingerprint density at radius 3 is 2.71 bits per heavy atom. The van der Waals surface area contributed by atoms with E-state index in [2.05, 4.69) is 20.0 Å². The summed E-state index contributed by atoms with van der Waals surface area (Å²) in [6.45, 7) is 1.56. The van der Waals surface area contributed by atoms with Crippen LogP contribution in [0.15, 0.2) is 36.7 Å². The first-order valence-corrected chi connectivity index (χ1v) is 6.60. The van der Waals surface area contributed by atoms with E-state index in [0.717, 1.165) is 17.0 Å². The lowest BCUT2D eigenvalue weighted by Crippen LogP contribution is -2.19. The number of rotatable bonds is 6. The lowest BCUT2D eigenvalue weighted by molar-refractivity contribution is -0.0499. The third-order valence-corrected chi connectivity index (χ3v) is 3.01. The predicted molar refractivity (Wildman–Crippen MR) is 75.1 cm³/mol. The molecule has 1 aromatic carbocycles. The summed E-state index contributed by atoms with van der Waals surface area (Å²) >= 11 is 0. The highest BCUT2D eigenvalue weighted by Crippen LogP contribution is 2.20. The molecule has 2 aromatic rings. The fourth-order valence-electron chi connectivity index (χ4n) is 1.85. The van der Waals surface area contributed by atoms with Crippen LogP contribution >= 0.6 is 0 Å². The van der Waals surface area contributed by atoms with Crippen LogP contribution in [0, 0.1) is 6.92 Å². The third kappa shape index (κ3) is 4.75. The smallest absolute Gasteiger partial charge is 0.387 e. The van der Waals surface area contributed by atoms with Gasteiger partial charge in [0.1, 0.15) is 5.75 Å². The van der Waals surface area contributed by atoms with Gasteiger partial charge in [0, 0.05) is 25.0 Å². The first-order chi connectivity index (χ1) is 10.0. The van der Waals surface area contributed by atoms with E-state index in [1.165, 1.54) is 6.07 Å². The van der Waals surface area contributed by atoms with Crippen molar-refractivity contribution in [1.29, 1.82) is 0 Å². The monoisotopic (exact) mass is 293 g/mol. The van der Waals surface area contributed by atoms with Crippen molar-refractivity contribution in [3.63, 3.8) is 0 Å². The lowest BCUT2D eigenvalue weighted by Gasteiger charge is -2.15. The largest absolute Gasteiger partial charge is 0.435 e. The molecule has 4 nitrogen and oxygen atoms in total. The molecule has 6 heteroatoms. The van der Waals surface area contributed by atoms with Crippen LogP contribution in [0.25, 0.3) is 0 Å². The molecule has 0 aliphatic heterocycles. The number of nitrogens with zero attached hydrogens (tertiary/aromatic N) is 2. The fourth-order valence-corrected chi connectivity index (χ4v) is 1.85. The second kappa shape index (κ2) is 7.08. The molecule has 0 radical (unpaired) electrons. The molecule has 1 aromatic heterocycles. The maximum atomic E-state index is 12.2. The topological polar surface area (TPSA) is 47.0 Å². The van der Waals surface area contributed by atoms with Crippen molar-refractivity contribution < 1.29 is 13.5 Å². The van der Waals surface area contributed by atoms with Crippen molar-refractivity contribution >= 4 is 0 Å². The van der Waals surface area contributed by atoms with Crippen molar-refractivity contribution in [3.8, 4) is 5.75 Å². The van der Waals surface area contributed by atoms with Gasteiger partial charge in [-0.3, -0.25) is 9.97 Å². The van der Waals surface area contributed by atoms with E-state index in [4.69, 9.17) is 0 Å². The number of aryl methyl sites for hydroxylation is 1. The van der Waals surface area contributed by atoms with Gasteiger partial charge in [0.05, 0.1) is 11.4 Å². The average Bonchev–Trinajstić information content (AvgIpc) is 2.46. The molecule has 21 heavy (non-hydrogen) atoms. The summed E-state index contributed by atoms with van der Waals surface area (Å²) < 4.78 is 28.8. The van der Waals surface area contributed by atoms with Gasteiger partial charge in [0.25, 0.3) is 0 Å². The Morgan fingerprint density at radius 2 is 2.05 bits per heavy atom. The molecular formula is C15H17F2N3O. The summed E-state index contributed by atoms with van der Waals surface area (Å²) in [5.74, 6) is 0.159. The van der Waals surface area contributed by atoms with Crippen molar-refractivity contribution in [3.05, 3.63) is 53.6 Å². The zero-order valence-corrected chi connectivity index (χ0v) is 11.9. The van der Waals surface area contributed by atoms with E-state index >= 15 is 0 Å². The van der Waals surface area contributed by atoms with E-state index in [1.807, 2.05) is 19.9 Å². The van der Waals surface area contributed by atoms with Crippen molar-refractivity contribution in [2.75, 3.05) is 0 Å². The zero-order valence-electron chi connectivity index (χ0n) is 11.9. The number of halogens is 2. The number of alkyl halides is 2. The van der Waals surface area contributed by atoms with Crippen LogP contribution in [-0.4, -0.2) is 16.6 Å². The van der Waals surface area contributed by atoms with Crippen LogP contribution in [0.4, 0.5) is 8.78 Å². The second-order valence-electron chi connectivity index (χ2n) is 4.70. The summed E-state index contributed by atoms with van der Waals surface area (Å²) in [7, 11) is 0. The number of aromatic nitrogens is 2. The third-order valence-electron chi connectivity index (χ3n) is 3.01. The maximum absolute atomic E-state index is 12.2. The van der Waals surface area contributed by atoms with Crippen molar-refractivity contribution in [2.24, 2.45) is 0 Å². The minimum Gasteiger partial charge on any atom is -0.435 e. The quantitative estimate of drug-likeness (QED) is 0.888. The predicted octanol–water partition coefficient (Wildman–Crippen LogP) is 3.24. The Labute approximate surface area is 122 Å². The molecule has 0 aliphatic rings. The van der Waals surface area contributed by atoms with E-state index in [0.29, 0.717) is 6.54 Å². The molecule has 1 N–H and O–H groups in total. The standard InChI is InChI=1S/C15H17F2N3O/c1-10-7-20-13(8-18-10)9-19-11(2)12-4-3-5-14(6-12)21-15(16)17/h3-8,11,15,19H,9H2,1-2H3. The molecule has 0 saturated carbocycles. The second-order valence-corrected chi connectivity index (χ2v) is 4.70. The van der Waals surface area contributed by atoms with E-state index < -0.39 is 6.61 Å². The van der Waals surface area contributed by atoms with Gasteiger partial charge in [-0.15, -0.1) is 0 Å². The van der Waals surface area contributed by atoms with Gasteiger partial charge in [-0.05, 0) is 31.5 Å². The van der Waals surface area contributed by atoms with Crippen molar-refractivity contribution in [2.45, 2.75) is 33.0 Å². The summed E-state index contributed by atoms with van der Waals surface area (Å²) in [5, 5.41) is 3.27. The number of ether oxygens (including phenoxy) is 1. The van der Waals surface area contributed by atoms with Gasteiger partial charge >= 0.3 is 6.61 Å². The molecule has 0 spiro atoms. The maximum Gasteiger partial charge on any atom is 0.387 e. The molecule has 0 saturated heterocycles. The highest BCUT2D eigenvalue weighted by atomic mass is 19.3. The first kappa shape index (κ1) is 15.3. The van der Waals surface area contributed by atoms with Gasteiger partial charge < -0.3 is 10.1 Å². The van der Waals surface area contributed by atoms with Crippen LogP contribution in [0.5, 0.6) is 5.75 Å². The summed E-state index contributed by atoms with van der Waals surface area (Å²) in [6, 6.07) is 6.64. The molecular weight excluding hydrogens is 276 g/mol. The highest BCUT2D eigenvalue weighted by molar-refractivity contribution is 5.30. The van der Waals surface area contributed by atoms with E-state index in [9.17, 15) is 8.78 Å². The zero-order chi connectivity index (χ0) is 15.2. The number of hydrogen-bond acceptors (Lipinski definition) is 4. The van der Waals surface area contributed by atoms with Gasteiger partial charge in [0.15, 0.2) is 0 Å². The molecule has 0 bridgehead atoms. The molecule has 2 rings (SSSR count). The molecule has 1 heterocycles. The van der Waals surface area contributed by atoms with E-state index in [1.54, 1.807) is 24.5 Å². The molecule has 0 aliphatic carbocycles. The van der Waals surface area contributed by atoms with Gasteiger partial charge in [0.2, 0.25) is 0 Å². The minimum absolute atomic E-state index is 0.0191. The van der Waals surface area contributed by atoms with Gasteiger partial charge in [-0.1, -0.05) is 12.1 Å². The lowest BCUT2D eigenvalue weighted by atomic mass is 10.1. The molecule has 1 atom stereocenters. The van der Waals surface area contributed by atoms with Crippen molar-refractivity contribution in [1.82, 2.24) is 15.3 Å². The van der Waals surface area contributed by atoms with Crippen LogP contribution < -0.4 is 10.1 Å². The average molecular weight is 293 g/mol. The number of nitrogens with one attached hydrogen (secondary N) is 1. The Balaban J connectivity index is 1.96. The Bertz CT molecular complexity index is 575. The Hall–Kier alpha value is -2.08. The molecule has 112 valence electrons. The van der Waals surface area contributed by atoms with Gasteiger partial charge in [-0.25, -0.2) is 0 Å². The Kier molecular flexibility index (Phi) is 5.16. The summed E-state index contributed by atoms with van der Waals surface area (Å²) in [5.41, 5.74) is 2.56. The first-order valence-electron chi connectivity index (χ1n) is 6.60. The van der Waals surface area contributed by atoms with Crippen LogP contribution in [0.2, 0.25) is 0 Å². The fraction of sp³-hybridized carbons (Fsp3) is 0.333. The Morgan fingerprint density at radius 1 is 1.24 bits per heavy atom. The minimum atomic E-state index is -2.81.